The van der Waals surface area contributed by atoms with Crippen molar-refractivity contribution in [1.82, 2.24) is 9.88 Å². The summed E-state index contributed by atoms with van der Waals surface area (Å²) >= 11 is 0. The number of rotatable bonds is 3. The fourth-order valence-corrected chi connectivity index (χ4v) is 2.70. The molecule has 2 heterocycles. The van der Waals surface area contributed by atoms with Crippen LogP contribution in [-0.2, 0) is 14.3 Å². The van der Waals surface area contributed by atoms with E-state index in [1.165, 1.54) is 6.92 Å². The fourth-order valence-electron chi connectivity index (χ4n) is 2.70. The Bertz CT molecular complexity index is 653. The Hall–Kier alpha value is -2.37. The van der Waals surface area contributed by atoms with Crippen molar-refractivity contribution in [3.63, 3.8) is 0 Å². The molecule has 1 aliphatic rings. The highest BCUT2D eigenvalue weighted by atomic mass is 16.5. The summed E-state index contributed by atoms with van der Waals surface area (Å²) < 4.78 is 10.5. The average molecular weight is 302 g/mol. The van der Waals surface area contributed by atoms with Crippen molar-refractivity contribution in [2.24, 2.45) is 0 Å². The standard InChI is InChI=1S/C16H18N2O4/c1-11(19)21-10-15(20)18-8-6-12(7-9-18)16-17-13-4-2-3-5-14(13)22-16/h2-5,12H,6-10H2,1H3. The molecule has 0 aliphatic carbocycles. The summed E-state index contributed by atoms with van der Waals surface area (Å²) in [5.41, 5.74) is 1.66. The van der Waals surface area contributed by atoms with Crippen LogP contribution in [0.4, 0.5) is 0 Å². The van der Waals surface area contributed by atoms with E-state index in [0.717, 1.165) is 29.8 Å². The minimum atomic E-state index is -0.435. The van der Waals surface area contributed by atoms with Crippen LogP contribution in [0.25, 0.3) is 11.1 Å². The minimum absolute atomic E-state index is 0.147. The molecule has 0 N–H and O–H groups in total. The van der Waals surface area contributed by atoms with Crippen molar-refractivity contribution in [1.29, 1.82) is 0 Å². The Kier molecular flexibility index (Phi) is 4.09. The lowest BCUT2D eigenvalue weighted by atomic mass is 9.97. The van der Waals surface area contributed by atoms with Gasteiger partial charge >= 0.3 is 5.97 Å². The molecule has 6 heteroatoms. The van der Waals surface area contributed by atoms with E-state index in [4.69, 9.17) is 9.15 Å². The molecule has 0 atom stereocenters. The third kappa shape index (κ3) is 3.10. The number of carbonyl (C=O) groups is 2. The number of oxazole rings is 1. The van der Waals surface area contributed by atoms with Crippen LogP contribution in [0, 0.1) is 0 Å². The number of hydrogen-bond donors (Lipinski definition) is 0. The summed E-state index contributed by atoms with van der Waals surface area (Å²) in [6.07, 6.45) is 1.61. The summed E-state index contributed by atoms with van der Waals surface area (Å²) in [7, 11) is 0. The van der Waals surface area contributed by atoms with Gasteiger partial charge in [-0.05, 0) is 25.0 Å². The van der Waals surface area contributed by atoms with Gasteiger partial charge in [0.15, 0.2) is 18.1 Å². The third-order valence-corrected chi connectivity index (χ3v) is 3.91. The zero-order chi connectivity index (χ0) is 15.5. The van der Waals surface area contributed by atoms with E-state index < -0.39 is 5.97 Å². The van der Waals surface area contributed by atoms with Crippen molar-refractivity contribution in [3.05, 3.63) is 30.2 Å². The molecule has 0 spiro atoms. The maximum Gasteiger partial charge on any atom is 0.303 e. The Labute approximate surface area is 128 Å². The predicted octanol–water partition coefficient (Wildman–Crippen LogP) is 2.10. The molecule has 1 saturated heterocycles. The molecule has 22 heavy (non-hydrogen) atoms. The van der Waals surface area contributed by atoms with E-state index in [0.29, 0.717) is 13.1 Å². The van der Waals surface area contributed by atoms with Gasteiger partial charge in [0.2, 0.25) is 0 Å². The maximum absolute atomic E-state index is 11.9. The van der Waals surface area contributed by atoms with E-state index in [1.807, 2.05) is 24.3 Å². The topological polar surface area (TPSA) is 72.6 Å². The number of hydrogen-bond acceptors (Lipinski definition) is 5. The highest BCUT2D eigenvalue weighted by Crippen LogP contribution is 2.29. The zero-order valence-corrected chi connectivity index (χ0v) is 12.4. The first-order valence-electron chi connectivity index (χ1n) is 7.40. The predicted molar refractivity (Wildman–Crippen MR) is 79.2 cm³/mol. The van der Waals surface area contributed by atoms with Gasteiger partial charge in [0.05, 0.1) is 0 Å². The van der Waals surface area contributed by atoms with E-state index in [2.05, 4.69) is 4.98 Å². The Balaban J connectivity index is 1.59. The average Bonchev–Trinajstić information content (AvgIpc) is 2.96. The molecule has 0 radical (unpaired) electrons. The van der Waals surface area contributed by atoms with E-state index in [-0.39, 0.29) is 18.4 Å². The van der Waals surface area contributed by atoms with Crippen LogP contribution in [0.2, 0.25) is 0 Å². The number of aromatic nitrogens is 1. The van der Waals surface area contributed by atoms with Gasteiger partial charge in [0, 0.05) is 25.9 Å². The molecular weight excluding hydrogens is 284 g/mol. The minimum Gasteiger partial charge on any atom is -0.456 e. The number of likely N-dealkylation sites (tertiary alicyclic amines) is 1. The number of amides is 1. The second kappa shape index (κ2) is 6.17. The SMILES string of the molecule is CC(=O)OCC(=O)N1CCC(c2nc3ccccc3o2)CC1. The molecule has 116 valence electrons. The van der Waals surface area contributed by atoms with E-state index in [9.17, 15) is 9.59 Å². The molecule has 1 aliphatic heterocycles. The first kappa shape index (κ1) is 14.6. The first-order chi connectivity index (χ1) is 10.6. The monoisotopic (exact) mass is 302 g/mol. The first-order valence-corrected chi connectivity index (χ1v) is 7.40. The Morgan fingerprint density at radius 3 is 2.73 bits per heavy atom. The lowest BCUT2D eigenvalue weighted by molar-refractivity contribution is -0.150. The van der Waals surface area contributed by atoms with Gasteiger partial charge in [0.1, 0.15) is 5.52 Å². The van der Waals surface area contributed by atoms with Crippen molar-refractivity contribution >= 4 is 23.0 Å². The number of fused-ring (bicyclic) bond motifs is 1. The molecular formula is C16H18N2O4. The van der Waals surface area contributed by atoms with Crippen molar-refractivity contribution in [2.45, 2.75) is 25.7 Å². The molecule has 3 rings (SSSR count). The number of esters is 1. The smallest absolute Gasteiger partial charge is 0.303 e. The highest BCUT2D eigenvalue weighted by Gasteiger charge is 2.27. The number of benzene rings is 1. The molecule has 1 amide bonds. The highest BCUT2D eigenvalue weighted by molar-refractivity contribution is 5.80. The number of nitrogens with zero attached hydrogens (tertiary/aromatic N) is 2. The molecule has 1 aromatic heterocycles. The maximum atomic E-state index is 11.9. The van der Waals surface area contributed by atoms with Gasteiger partial charge in [-0.2, -0.15) is 0 Å². The van der Waals surface area contributed by atoms with Gasteiger partial charge in [-0.15, -0.1) is 0 Å². The normalized spacial score (nSPS) is 16.0. The van der Waals surface area contributed by atoms with Gasteiger partial charge in [-0.1, -0.05) is 12.1 Å². The third-order valence-electron chi connectivity index (χ3n) is 3.91. The number of piperidine rings is 1. The second-order valence-electron chi connectivity index (χ2n) is 5.46. The molecule has 1 aromatic carbocycles. The number of para-hydroxylation sites is 2. The lowest BCUT2D eigenvalue weighted by Crippen LogP contribution is -2.40. The summed E-state index contributed by atoms with van der Waals surface area (Å²) in [5, 5.41) is 0. The van der Waals surface area contributed by atoms with Crippen LogP contribution in [0.5, 0.6) is 0 Å². The van der Waals surface area contributed by atoms with Crippen molar-refractivity contribution in [2.75, 3.05) is 19.7 Å². The Morgan fingerprint density at radius 2 is 2.05 bits per heavy atom. The van der Waals surface area contributed by atoms with Crippen molar-refractivity contribution in [3.8, 4) is 0 Å². The molecule has 0 unspecified atom stereocenters. The van der Waals surface area contributed by atoms with Gasteiger partial charge < -0.3 is 14.1 Å². The Morgan fingerprint density at radius 1 is 1.32 bits per heavy atom. The largest absolute Gasteiger partial charge is 0.456 e. The van der Waals surface area contributed by atoms with Crippen LogP contribution in [-0.4, -0.2) is 41.5 Å². The van der Waals surface area contributed by atoms with Gasteiger partial charge in [-0.25, -0.2) is 4.98 Å². The van der Waals surface area contributed by atoms with Crippen LogP contribution in [0.3, 0.4) is 0 Å². The lowest BCUT2D eigenvalue weighted by Gasteiger charge is -2.30. The number of carbonyl (C=O) groups excluding carboxylic acids is 2. The molecule has 1 fully saturated rings. The van der Waals surface area contributed by atoms with Gasteiger partial charge in [0.25, 0.3) is 5.91 Å². The van der Waals surface area contributed by atoms with Crippen molar-refractivity contribution < 1.29 is 18.7 Å². The van der Waals surface area contributed by atoms with E-state index in [1.54, 1.807) is 4.90 Å². The summed E-state index contributed by atoms with van der Waals surface area (Å²) in [4.78, 5) is 28.9. The van der Waals surface area contributed by atoms with Crippen LogP contribution in [0.1, 0.15) is 31.6 Å². The zero-order valence-electron chi connectivity index (χ0n) is 12.4. The van der Waals surface area contributed by atoms with Gasteiger partial charge in [-0.3, -0.25) is 9.59 Å². The molecule has 6 nitrogen and oxygen atoms in total. The fraction of sp³-hybridized carbons (Fsp3) is 0.438. The summed E-state index contributed by atoms with van der Waals surface area (Å²) in [6.45, 7) is 2.38. The molecule has 2 aromatic rings. The molecule has 0 saturated carbocycles. The molecule has 0 bridgehead atoms. The second-order valence-corrected chi connectivity index (χ2v) is 5.46. The van der Waals surface area contributed by atoms with E-state index >= 15 is 0 Å². The van der Waals surface area contributed by atoms with Crippen LogP contribution < -0.4 is 0 Å². The summed E-state index contributed by atoms with van der Waals surface area (Å²) in [5.74, 6) is 0.388. The number of ether oxygens (including phenoxy) is 1. The quantitative estimate of drug-likeness (QED) is 0.812. The summed E-state index contributed by atoms with van der Waals surface area (Å²) in [6, 6.07) is 7.70. The van der Waals surface area contributed by atoms with Crippen LogP contribution >= 0.6 is 0 Å². The van der Waals surface area contributed by atoms with Crippen LogP contribution in [0.15, 0.2) is 28.7 Å².